The molecule has 0 unspecified atom stereocenters. The van der Waals surface area contributed by atoms with Gasteiger partial charge in [-0.1, -0.05) is 12.1 Å². The average Bonchev–Trinajstić information content (AvgIpc) is 3.25. The number of amides is 2. The molecule has 1 aliphatic heterocycles. The lowest BCUT2D eigenvalue weighted by Gasteiger charge is -2.27. The van der Waals surface area contributed by atoms with Crippen molar-refractivity contribution >= 4 is 17.4 Å². The van der Waals surface area contributed by atoms with Crippen LogP contribution in [0.15, 0.2) is 49.2 Å². The van der Waals surface area contributed by atoms with E-state index in [1.165, 1.54) is 0 Å². The minimum absolute atomic E-state index is 0.200. The molecule has 148 valence electrons. The largest absolute Gasteiger partial charge is 0.323 e. The molecule has 0 radical (unpaired) electrons. The number of aromatic nitrogens is 6. The Balaban J connectivity index is 1.48. The van der Waals surface area contributed by atoms with Crippen LogP contribution in [0.2, 0.25) is 0 Å². The molecular formula is C20H22N8O. The molecule has 29 heavy (non-hydrogen) atoms. The van der Waals surface area contributed by atoms with E-state index in [0.29, 0.717) is 30.4 Å². The van der Waals surface area contributed by atoms with Gasteiger partial charge >= 0.3 is 6.03 Å². The van der Waals surface area contributed by atoms with Crippen molar-refractivity contribution in [2.45, 2.75) is 26.3 Å². The normalized spacial score (nSPS) is 14.0. The highest BCUT2D eigenvalue weighted by molar-refractivity contribution is 5.90. The molecule has 0 atom stereocenters. The zero-order chi connectivity index (χ0) is 20.2. The Kier molecular flexibility index (Phi) is 5.28. The van der Waals surface area contributed by atoms with Crippen molar-refractivity contribution in [1.82, 2.24) is 34.6 Å². The number of hydrogen-bond acceptors (Lipinski definition) is 6. The lowest BCUT2D eigenvalue weighted by molar-refractivity contribution is 0.217. The first kappa shape index (κ1) is 18.7. The van der Waals surface area contributed by atoms with Gasteiger partial charge in [0.2, 0.25) is 0 Å². The van der Waals surface area contributed by atoms with Crippen LogP contribution in [0.25, 0.3) is 17.1 Å². The minimum atomic E-state index is -0.200. The number of urea groups is 1. The molecule has 0 saturated carbocycles. The fraction of sp³-hybridized carbons (Fsp3) is 0.300. The van der Waals surface area contributed by atoms with Crippen LogP contribution in [-0.2, 0) is 0 Å². The van der Waals surface area contributed by atoms with Gasteiger partial charge in [0.15, 0.2) is 5.82 Å². The van der Waals surface area contributed by atoms with E-state index < -0.39 is 0 Å². The van der Waals surface area contributed by atoms with Crippen LogP contribution < -0.4 is 5.32 Å². The summed E-state index contributed by atoms with van der Waals surface area (Å²) in [5, 5.41) is 11.0. The fourth-order valence-electron chi connectivity index (χ4n) is 3.19. The Morgan fingerprint density at radius 2 is 2.10 bits per heavy atom. The standard InChI is InChI=1S/C20H22N8O/c1-14(2)28-13-23-26-19(28)16-6-3-7-18(24-16)25-20(29)27-10-4-5-15(12-27)17-11-21-8-9-22-17/h3,5-9,11,13-14H,4,10,12H2,1-2H3,(H,24,25,29). The summed E-state index contributed by atoms with van der Waals surface area (Å²) in [5.41, 5.74) is 2.44. The number of anilines is 1. The Morgan fingerprint density at radius 3 is 2.90 bits per heavy atom. The second-order valence-electron chi connectivity index (χ2n) is 7.02. The summed E-state index contributed by atoms with van der Waals surface area (Å²) in [6.45, 7) is 5.22. The number of carbonyl (C=O) groups is 1. The van der Waals surface area contributed by atoms with Crippen molar-refractivity contribution < 1.29 is 4.79 Å². The predicted octanol–water partition coefficient (Wildman–Crippen LogP) is 3.03. The van der Waals surface area contributed by atoms with Gasteiger partial charge in [0.1, 0.15) is 17.8 Å². The molecule has 3 aromatic heterocycles. The van der Waals surface area contributed by atoms with E-state index >= 15 is 0 Å². The van der Waals surface area contributed by atoms with E-state index in [-0.39, 0.29) is 12.1 Å². The van der Waals surface area contributed by atoms with Crippen LogP contribution in [-0.4, -0.2) is 53.7 Å². The zero-order valence-electron chi connectivity index (χ0n) is 16.4. The number of hydrogen-bond donors (Lipinski definition) is 1. The molecule has 4 rings (SSSR count). The quantitative estimate of drug-likeness (QED) is 0.735. The highest BCUT2D eigenvalue weighted by atomic mass is 16.2. The van der Waals surface area contributed by atoms with Crippen molar-refractivity contribution in [3.05, 3.63) is 54.9 Å². The van der Waals surface area contributed by atoms with Gasteiger partial charge in [0, 0.05) is 31.5 Å². The summed E-state index contributed by atoms with van der Waals surface area (Å²) in [4.78, 5) is 27.5. The summed E-state index contributed by atoms with van der Waals surface area (Å²) in [5.74, 6) is 1.14. The first-order valence-electron chi connectivity index (χ1n) is 9.50. The SMILES string of the molecule is CC(C)n1cnnc1-c1cccc(NC(=O)N2CCC=C(c3cnccn3)C2)n1. The minimum Gasteiger partial charge on any atom is -0.320 e. The van der Waals surface area contributed by atoms with Gasteiger partial charge in [-0.25, -0.2) is 9.78 Å². The summed E-state index contributed by atoms with van der Waals surface area (Å²) in [7, 11) is 0. The van der Waals surface area contributed by atoms with Crippen LogP contribution in [0.5, 0.6) is 0 Å². The first-order valence-corrected chi connectivity index (χ1v) is 9.50. The van der Waals surface area contributed by atoms with Gasteiger partial charge in [-0.15, -0.1) is 10.2 Å². The van der Waals surface area contributed by atoms with Gasteiger partial charge in [-0.2, -0.15) is 0 Å². The molecular weight excluding hydrogens is 368 g/mol. The number of rotatable bonds is 4. The average molecular weight is 390 g/mol. The summed E-state index contributed by atoms with van der Waals surface area (Å²) in [6, 6.07) is 5.47. The van der Waals surface area contributed by atoms with Crippen LogP contribution in [0.1, 0.15) is 32.0 Å². The molecule has 0 aliphatic carbocycles. The van der Waals surface area contributed by atoms with Gasteiger partial charge in [-0.3, -0.25) is 15.3 Å². The third-order valence-corrected chi connectivity index (χ3v) is 4.67. The van der Waals surface area contributed by atoms with Gasteiger partial charge in [0.25, 0.3) is 0 Å². The summed E-state index contributed by atoms with van der Waals surface area (Å²) < 4.78 is 1.94. The van der Waals surface area contributed by atoms with Crippen molar-refractivity contribution in [3.8, 4) is 11.5 Å². The van der Waals surface area contributed by atoms with E-state index in [0.717, 1.165) is 17.7 Å². The Labute approximate surface area is 168 Å². The Hall–Kier alpha value is -3.62. The Bertz CT molecular complexity index is 1030. The molecule has 0 aromatic carbocycles. The molecule has 0 bridgehead atoms. The Morgan fingerprint density at radius 1 is 1.21 bits per heavy atom. The van der Waals surface area contributed by atoms with Crippen LogP contribution in [0.4, 0.5) is 10.6 Å². The highest BCUT2D eigenvalue weighted by Gasteiger charge is 2.20. The van der Waals surface area contributed by atoms with Crippen LogP contribution in [0, 0.1) is 0 Å². The van der Waals surface area contributed by atoms with Gasteiger partial charge < -0.3 is 9.47 Å². The van der Waals surface area contributed by atoms with Crippen molar-refractivity contribution in [2.75, 3.05) is 18.4 Å². The smallest absolute Gasteiger partial charge is 0.320 e. The lowest BCUT2D eigenvalue weighted by Crippen LogP contribution is -2.38. The molecule has 0 spiro atoms. The fourth-order valence-corrected chi connectivity index (χ4v) is 3.19. The highest BCUT2D eigenvalue weighted by Crippen LogP contribution is 2.21. The maximum atomic E-state index is 12.8. The van der Waals surface area contributed by atoms with Gasteiger partial charge in [-0.05, 0) is 38.0 Å². The maximum absolute atomic E-state index is 12.8. The monoisotopic (exact) mass is 390 g/mol. The molecule has 2 amide bonds. The van der Waals surface area contributed by atoms with E-state index in [1.807, 2.05) is 16.7 Å². The molecule has 9 heteroatoms. The lowest BCUT2D eigenvalue weighted by atomic mass is 10.1. The van der Waals surface area contributed by atoms with Crippen molar-refractivity contribution in [1.29, 1.82) is 0 Å². The second-order valence-corrected chi connectivity index (χ2v) is 7.02. The van der Waals surface area contributed by atoms with Gasteiger partial charge in [0.05, 0.1) is 11.9 Å². The van der Waals surface area contributed by atoms with E-state index in [9.17, 15) is 4.79 Å². The maximum Gasteiger partial charge on any atom is 0.323 e. The zero-order valence-corrected chi connectivity index (χ0v) is 16.4. The molecule has 1 N–H and O–H groups in total. The first-order chi connectivity index (χ1) is 14.1. The third kappa shape index (κ3) is 4.13. The molecule has 1 aliphatic rings. The number of carbonyl (C=O) groups excluding carboxylic acids is 1. The molecule has 0 saturated heterocycles. The predicted molar refractivity (Wildman–Crippen MR) is 109 cm³/mol. The van der Waals surface area contributed by atoms with E-state index in [2.05, 4.69) is 50.4 Å². The summed E-state index contributed by atoms with van der Waals surface area (Å²) >= 11 is 0. The summed E-state index contributed by atoms with van der Waals surface area (Å²) in [6.07, 6.45) is 9.55. The number of pyridine rings is 1. The van der Waals surface area contributed by atoms with Crippen molar-refractivity contribution in [2.24, 2.45) is 0 Å². The van der Waals surface area contributed by atoms with Crippen LogP contribution in [0.3, 0.4) is 0 Å². The molecule has 0 fully saturated rings. The van der Waals surface area contributed by atoms with E-state index in [4.69, 9.17) is 0 Å². The topological polar surface area (TPSA) is 102 Å². The molecule has 3 aromatic rings. The molecule has 9 nitrogen and oxygen atoms in total. The third-order valence-electron chi connectivity index (χ3n) is 4.67. The van der Waals surface area contributed by atoms with Crippen molar-refractivity contribution in [3.63, 3.8) is 0 Å². The number of nitrogens with one attached hydrogen (secondary N) is 1. The van der Waals surface area contributed by atoms with E-state index in [1.54, 1.807) is 35.9 Å². The number of nitrogens with zero attached hydrogens (tertiary/aromatic N) is 7. The van der Waals surface area contributed by atoms with Crippen LogP contribution >= 0.6 is 0 Å². The molecule has 4 heterocycles. The second kappa shape index (κ2) is 8.17.